The van der Waals surface area contributed by atoms with E-state index in [1.807, 2.05) is 26.0 Å². The number of carbonyl (C=O) groups is 1. The zero-order chi connectivity index (χ0) is 20.3. The molecule has 28 heavy (non-hydrogen) atoms. The maximum atomic E-state index is 12.9. The number of aromatic nitrogens is 2. The summed E-state index contributed by atoms with van der Waals surface area (Å²) in [6.07, 6.45) is 2.51. The van der Waals surface area contributed by atoms with Gasteiger partial charge in [-0.3, -0.25) is 4.79 Å². The van der Waals surface area contributed by atoms with Gasteiger partial charge in [0.2, 0.25) is 5.43 Å². The largest absolute Gasteiger partial charge is 0.462 e. The summed E-state index contributed by atoms with van der Waals surface area (Å²) < 4.78 is 6.84. The van der Waals surface area contributed by atoms with Gasteiger partial charge < -0.3 is 14.6 Å². The van der Waals surface area contributed by atoms with E-state index in [0.717, 1.165) is 23.5 Å². The second-order valence-electron chi connectivity index (χ2n) is 6.55. The maximum Gasteiger partial charge on any atom is 0.343 e. The molecular formula is C22H25N3O3. The van der Waals surface area contributed by atoms with Gasteiger partial charge in [0, 0.05) is 18.4 Å². The Kier molecular flexibility index (Phi) is 5.78. The van der Waals surface area contributed by atoms with Crippen molar-refractivity contribution in [3.8, 4) is 0 Å². The minimum absolute atomic E-state index is 0.0279. The van der Waals surface area contributed by atoms with Crippen molar-refractivity contribution < 1.29 is 9.53 Å². The lowest BCUT2D eigenvalue weighted by Crippen LogP contribution is -2.21. The van der Waals surface area contributed by atoms with Gasteiger partial charge in [0.05, 0.1) is 23.4 Å². The van der Waals surface area contributed by atoms with Crippen molar-refractivity contribution in [1.82, 2.24) is 9.55 Å². The van der Waals surface area contributed by atoms with Crippen LogP contribution < -0.4 is 10.7 Å². The molecule has 0 aliphatic carbocycles. The second kappa shape index (κ2) is 8.25. The number of aryl methyl sites for hydroxylation is 3. The number of nitrogens with zero attached hydrogens (tertiary/aromatic N) is 2. The monoisotopic (exact) mass is 379 g/mol. The van der Waals surface area contributed by atoms with Gasteiger partial charge in [-0.2, -0.15) is 0 Å². The molecule has 146 valence electrons. The van der Waals surface area contributed by atoms with Gasteiger partial charge in [0.25, 0.3) is 0 Å². The summed E-state index contributed by atoms with van der Waals surface area (Å²) >= 11 is 0. The molecule has 0 saturated heterocycles. The highest BCUT2D eigenvalue weighted by Gasteiger charge is 2.18. The predicted octanol–water partition coefficient (Wildman–Crippen LogP) is 4.21. The molecule has 2 heterocycles. The van der Waals surface area contributed by atoms with Crippen molar-refractivity contribution in [2.45, 2.75) is 40.7 Å². The molecule has 1 aromatic carbocycles. The van der Waals surface area contributed by atoms with Crippen LogP contribution in [0.25, 0.3) is 11.0 Å². The number of ether oxygens (including phenoxy) is 1. The van der Waals surface area contributed by atoms with Crippen LogP contribution in [-0.4, -0.2) is 22.1 Å². The lowest BCUT2D eigenvalue weighted by atomic mass is 10.1. The van der Waals surface area contributed by atoms with Crippen LogP contribution >= 0.6 is 0 Å². The van der Waals surface area contributed by atoms with Gasteiger partial charge in [-0.1, -0.05) is 19.1 Å². The molecule has 6 heteroatoms. The van der Waals surface area contributed by atoms with Crippen LogP contribution in [0.5, 0.6) is 0 Å². The topological polar surface area (TPSA) is 73.2 Å². The number of carbonyl (C=O) groups excluding carboxylic acids is 1. The van der Waals surface area contributed by atoms with E-state index in [9.17, 15) is 9.59 Å². The number of rotatable bonds is 6. The van der Waals surface area contributed by atoms with Crippen LogP contribution in [0.1, 0.15) is 42.4 Å². The van der Waals surface area contributed by atoms with Gasteiger partial charge in [0.15, 0.2) is 0 Å². The van der Waals surface area contributed by atoms with Crippen LogP contribution in [0.15, 0.2) is 41.3 Å². The van der Waals surface area contributed by atoms with E-state index in [1.54, 1.807) is 17.6 Å². The molecule has 0 saturated carbocycles. The van der Waals surface area contributed by atoms with Crippen molar-refractivity contribution in [1.29, 1.82) is 0 Å². The summed E-state index contributed by atoms with van der Waals surface area (Å²) in [7, 11) is 0. The second-order valence-corrected chi connectivity index (χ2v) is 6.55. The summed E-state index contributed by atoms with van der Waals surface area (Å²) in [6.45, 7) is 8.47. The number of nitrogens with one attached hydrogen (secondary N) is 1. The van der Waals surface area contributed by atoms with E-state index in [2.05, 4.69) is 29.4 Å². The fourth-order valence-electron chi connectivity index (χ4n) is 3.10. The zero-order valence-electron chi connectivity index (χ0n) is 16.7. The van der Waals surface area contributed by atoms with Crippen molar-refractivity contribution in [2.24, 2.45) is 0 Å². The third-order valence-electron chi connectivity index (χ3n) is 4.72. The molecular weight excluding hydrogens is 354 g/mol. The average molecular weight is 379 g/mol. The number of anilines is 2. The van der Waals surface area contributed by atoms with E-state index >= 15 is 0 Å². The molecule has 0 aliphatic heterocycles. The van der Waals surface area contributed by atoms with Gasteiger partial charge in [-0.15, -0.1) is 0 Å². The molecule has 1 N–H and O–H groups in total. The first-order valence-corrected chi connectivity index (χ1v) is 9.56. The smallest absolute Gasteiger partial charge is 0.343 e. The summed E-state index contributed by atoms with van der Waals surface area (Å²) in [5.41, 5.74) is 3.90. The van der Waals surface area contributed by atoms with Gasteiger partial charge in [0.1, 0.15) is 11.2 Å². The number of pyridine rings is 2. The first-order chi connectivity index (χ1) is 13.5. The molecule has 0 spiro atoms. The quantitative estimate of drug-likeness (QED) is 0.650. The predicted molar refractivity (Wildman–Crippen MR) is 111 cm³/mol. The van der Waals surface area contributed by atoms with Crippen molar-refractivity contribution in [2.75, 3.05) is 11.9 Å². The summed E-state index contributed by atoms with van der Waals surface area (Å²) in [6, 6.07) is 9.90. The highest BCUT2D eigenvalue weighted by atomic mass is 16.5. The van der Waals surface area contributed by atoms with Crippen LogP contribution in [0.4, 0.5) is 11.4 Å². The minimum Gasteiger partial charge on any atom is -0.462 e. The highest BCUT2D eigenvalue weighted by molar-refractivity contribution is 5.94. The maximum absolute atomic E-state index is 12.9. The van der Waals surface area contributed by atoms with E-state index in [-0.39, 0.29) is 17.6 Å². The number of hydrogen-bond donors (Lipinski definition) is 1. The fraction of sp³-hybridized carbons (Fsp3) is 0.318. The van der Waals surface area contributed by atoms with Crippen molar-refractivity contribution >= 4 is 28.4 Å². The fourth-order valence-corrected chi connectivity index (χ4v) is 3.10. The van der Waals surface area contributed by atoms with Crippen LogP contribution in [0, 0.1) is 6.92 Å². The summed E-state index contributed by atoms with van der Waals surface area (Å²) in [5.74, 6) is -0.609. The first-order valence-electron chi connectivity index (χ1n) is 9.56. The minimum atomic E-state index is -0.609. The molecule has 0 bridgehead atoms. The zero-order valence-corrected chi connectivity index (χ0v) is 16.7. The Morgan fingerprint density at radius 1 is 1.18 bits per heavy atom. The van der Waals surface area contributed by atoms with Crippen LogP contribution in [-0.2, 0) is 17.7 Å². The van der Waals surface area contributed by atoms with Gasteiger partial charge in [-0.25, -0.2) is 9.78 Å². The SMILES string of the molecule is CCOC(=O)c1cn(CC)c2nc(C)c(Nc3ccc(CC)cc3)cc2c1=O. The van der Waals surface area contributed by atoms with Gasteiger partial charge in [-0.05, 0) is 51.0 Å². The molecule has 6 nitrogen and oxygen atoms in total. The number of esters is 1. The van der Waals surface area contributed by atoms with E-state index in [1.165, 1.54) is 11.8 Å². The normalized spacial score (nSPS) is 10.9. The molecule has 0 aliphatic rings. The van der Waals surface area contributed by atoms with E-state index < -0.39 is 5.97 Å². The summed E-state index contributed by atoms with van der Waals surface area (Å²) in [4.78, 5) is 29.8. The third kappa shape index (κ3) is 3.76. The number of hydrogen-bond acceptors (Lipinski definition) is 5. The summed E-state index contributed by atoms with van der Waals surface area (Å²) in [5, 5.41) is 3.72. The molecule has 0 atom stereocenters. The van der Waals surface area contributed by atoms with E-state index in [4.69, 9.17) is 4.74 Å². The number of benzene rings is 1. The average Bonchev–Trinajstić information content (AvgIpc) is 2.70. The molecule has 0 fully saturated rings. The molecule has 2 aromatic heterocycles. The van der Waals surface area contributed by atoms with Gasteiger partial charge >= 0.3 is 5.97 Å². The Balaban J connectivity index is 2.12. The highest BCUT2D eigenvalue weighted by Crippen LogP contribution is 2.23. The standard InChI is InChI=1S/C22H25N3O3/c1-5-15-8-10-16(11-9-15)24-19-12-17-20(26)18(22(27)28-7-3)13-25(6-2)21(17)23-14(19)4/h8-13,24H,5-7H2,1-4H3. The lowest BCUT2D eigenvalue weighted by Gasteiger charge is -2.14. The Morgan fingerprint density at radius 3 is 2.50 bits per heavy atom. The Labute approximate surface area is 164 Å². The first kappa shape index (κ1) is 19.6. The third-order valence-corrected chi connectivity index (χ3v) is 4.72. The Hall–Kier alpha value is -3.15. The lowest BCUT2D eigenvalue weighted by molar-refractivity contribution is 0.0524. The number of fused-ring (bicyclic) bond motifs is 1. The van der Waals surface area contributed by atoms with Crippen molar-refractivity contribution in [3.05, 3.63) is 63.6 Å². The van der Waals surface area contributed by atoms with E-state index in [0.29, 0.717) is 17.6 Å². The molecule has 0 unspecified atom stereocenters. The molecule has 3 aromatic rings. The Bertz CT molecular complexity index is 1070. The van der Waals surface area contributed by atoms with Crippen LogP contribution in [0.2, 0.25) is 0 Å². The van der Waals surface area contributed by atoms with Crippen LogP contribution in [0.3, 0.4) is 0 Å². The Morgan fingerprint density at radius 2 is 1.89 bits per heavy atom. The molecule has 0 radical (unpaired) electrons. The molecule has 0 amide bonds. The molecule has 3 rings (SSSR count). The van der Waals surface area contributed by atoms with Crippen molar-refractivity contribution in [3.63, 3.8) is 0 Å².